The Labute approximate surface area is 282 Å². The van der Waals surface area contributed by atoms with Crippen LogP contribution >= 0.6 is 34.8 Å². The van der Waals surface area contributed by atoms with Crippen molar-refractivity contribution < 1.29 is 9.84 Å². The highest BCUT2D eigenvalue weighted by atomic mass is 35.5. The number of hydrogen-bond acceptors (Lipinski definition) is 4. The summed E-state index contributed by atoms with van der Waals surface area (Å²) in [6, 6.07) is 27.7. The summed E-state index contributed by atoms with van der Waals surface area (Å²) in [5, 5.41) is 12.3. The molecule has 4 aromatic rings. The van der Waals surface area contributed by atoms with Crippen molar-refractivity contribution in [1.82, 2.24) is 9.97 Å². The van der Waals surface area contributed by atoms with Gasteiger partial charge in [-0.3, -0.25) is 9.97 Å². The van der Waals surface area contributed by atoms with Crippen LogP contribution in [0, 0.1) is 23.7 Å². The first-order chi connectivity index (χ1) is 21.9. The molecule has 4 fully saturated rings. The van der Waals surface area contributed by atoms with E-state index in [0.717, 1.165) is 27.0 Å². The molecule has 0 unspecified atom stereocenters. The van der Waals surface area contributed by atoms with E-state index in [9.17, 15) is 5.11 Å². The highest BCUT2D eigenvalue weighted by molar-refractivity contribution is 6.30. The number of rotatable bonds is 10. The Morgan fingerprint density at radius 3 is 1.42 bits per heavy atom. The van der Waals surface area contributed by atoms with Gasteiger partial charge in [-0.05, 0) is 135 Å². The fourth-order valence-corrected chi connectivity index (χ4v) is 6.99. The van der Waals surface area contributed by atoms with Crippen LogP contribution in [-0.2, 0) is 28.4 Å². The molecule has 0 atom stereocenters. The lowest BCUT2D eigenvalue weighted by Gasteiger charge is -2.35. The summed E-state index contributed by atoms with van der Waals surface area (Å²) < 4.78 is 6.58. The molecule has 0 bridgehead atoms. The number of aliphatic hydroxyl groups is 1. The van der Waals surface area contributed by atoms with Crippen LogP contribution in [0.5, 0.6) is 0 Å². The molecule has 0 saturated heterocycles. The van der Waals surface area contributed by atoms with Gasteiger partial charge in [-0.15, -0.1) is 11.6 Å². The Morgan fingerprint density at radius 1 is 0.600 bits per heavy atom. The first-order valence-electron chi connectivity index (χ1n) is 16.2. The quantitative estimate of drug-likeness (QED) is 0.172. The lowest BCUT2D eigenvalue weighted by molar-refractivity contribution is -0.0973. The lowest BCUT2D eigenvalue weighted by atomic mass is 9.83. The number of pyridine rings is 2. The van der Waals surface area contributed by atoms with Crippen molar-refractivity contribution in [3.05, 3.63) is 130 Å². The minimum absolute atomic E-state index is 0.137. The molecular formula is C38H41Cl3N2O2. The Kier molecular flexibility index (Phi) is 10.5. The number of hydrogen-bond donors (Lipinski definition) is 1. The standard InChI is InChI=1S/C19H20ClNO.C13H15ClO.C6H6ClN/c20-17-10-8-16(9-11-17)19(14-4-5-14,15-6-7-15)22-13-18-3-1-2-12-21-18;14-12-7-5-11(6-8-12)13(15,9-1-2-9)10-3-4-10;7-5-6-3-1-2-4-8-6/h1-3,8-12,14-15H,4-7,13H2;5-10,15H,1-4H2;1-4H,5H2. The van der Waals surface area contributed by atoms with Crippen molar-refractivity contribution in [2.75, 3.05) is 0 Å². The molecule has 4 saturated carbocycles. The maximum Gasteiger partial charge on any atom is 0.0992 e. The van der Waals surface area contributed by atoms with Gasteiger partial charge in [-0.1, -0.05) is 59.6 Å². The molecular weight excluding hydrogens is 623 g/mol. The summed E-state index contributed by atoms with van der Waals surface area (Å²) in [4.78, 5) is 8.37. The summed E-state index contributed by atoms with van der Waals surface area (Å²) >= 11 is 17.4. The van der Waals surface area contributed by atoms with Gasteiger partial charge < -0.3 is 9.84 Å². The van der Waals surface area contributed by atoms with Gasteiger partial charge >= 0.3 is 0 Å². The molecule has 0 spiro atoms. The Morgan fingerprint density at radius 2 is 1.04 bits per heavy atom. The summed E-state index contributed by atoms with van der Waals surface area (Å²) in [6.07, 6.45) is 13.3. The minimum Gasteiger partial charge on any atom is -0.385 e. The number of nitrogens with zero attached hydrogens (tertiary/aromatic N) is 2. The number of halogens is 3. The average molecular weight is 664 g/mol. The Balaban J connectivity index is 0.000000134. The van der Waals surface area contributed by atoms with Gasteiger partial charge in [0.15, 0.2) is 0 Å². The van der Waals surface area contributed by atoms with E-state index in [2.05, 4.69) is 22.1 Å². The van der Waals surface area contributed by atoms with Crippen LogP contribution in [0.25, 0.3) is 0 Å². The second-order valence-corrected chi connectivity index (χ2v) is 13.9. The predicted octanol–water partition coefficient (Wildman–Crippen LogP) is 10.1. The molecule has 4 aliphatic rings. The molecule has 7 heteroatoms. The van der Waals surface area contributed by atoms with Crippen LogP contribution in [0.3, 0.4) is 0 Å². The third-order valence-electron chi connectivity index (χ3n) is 9.42. The van der Waals surface area contributed by atoms with E-state index in [-0.39, 0.29) is 5.60 Å². The molecule has 45 heavy (non-hydrogen) atoms. The maximum atomic E-state index is 10.8. The van der Waals surface area contributed by atoms with E-state index in [0.29, 0.717) is 36.2 Å². The van der Waals surface area contributed by atoms with Crippen molar-refractivity contribution >= 4 is 34.8 Å². The first kappa shape index (κ1) is 32.5. The predicted molar refractivity (Wildman–Crippen MR) is 182 cm³/mol. The maximum absolute atomic E-state index is 10.8. The summed E-state index contributed by atoms with van der Waals surface area (Å²) in [6.45, 7) is 0.580. The highest BCUT2D eigenvalue weighted by Crippen LogP contribution is 2.60. The Bertz CT molecular complexity index is 1460. The van der Waals surface area contributed by atoms with Gasteiger partial charge in [0, 0.05) is 22.4 Å². The molecule has 0 aliphatic heterocycles. The molecule has 2 aromatic carbocycles. The van der Waals surface area contributed by atoms with E-state index >= 15 is 0 Å². The molecule has 0 amide bonds. The number of alkyl halides is 1. The van der Waals surface area contributed by atoms with Crippen molar-refractivity contribution in [2.45, 2.75) is 75.1 Å². The average Bonchev–Trinajstić information content (AvgIpc) is 3.88. The van der Waals surface area contributed by atoms with Crippen LogP contribution in [-0.4, -0.2) is 15.1 Å². The molecule has 4 aliphatic carbocycles. The lowest BCUT2D eigenvalue weighted by Crippen LogP contribution is -2.35. The van der Waals surface area contributed by atoms with Crippen LogP contribution in [0.4, 0.5) is 0 Å². The van der Waals surface area contributed by atoms with E-state index in [1.54, 1.807) is 6.20 Å². The second kappa shape index (κ2) is 14.5. The van der Waals surface area contributed by atoms with Gasteiger partial charge in [-0.25, -0.2) is 0 Å². The zero-order chi connectivity index (χ0) is 31.3. The van der Waals surface area contributed by atoms with Crippen molar-refractivity contribution in [3.8, 4) is 0 Å². The zero-order valence-corrected chi connectivity index (χ0v) is 27.8. The van der Waals surface area contributed by atoms with Crippen LogP contribution in [0.15, 0.2) is 97.3 Å². The van der Waals surface area contributed by atoms with Crippen molar-refractivity contribution in [2.24, 2.45) is 23.7 Å². The van der Waals surface area contributed by atoms with Crippen LogP contribution in [0.1, 0.15) is 73.9 Å². The second-order valence-electron chi connectivity index (χ2n) is 12.8. The molecule has 2 aromatic heterocycles. The number of aromatic nitrogens is 2. The minimum atomic E-state index is -0.551. The number of benzene rings is 2. The van der Waals surface area contributed by atoms with Gasteiger partial charge in [0.05, 0.1) is 35.1 Å². The molecule has 8 rings (SSSR count). The van der Waals surface area contributed by atoms with Crippen LogP contribution in [0.2, 0.25) is 10.0 Å². The molecule has 2 heterocycles. The van der Waals surface area contributed by atoms with E-state index < -0.39 is 5.60 Å². The van der Waals surface area contributed by atoms with Crippen molar-refractivity contribution in [3.63, 3.8) is 0 Å². The van der Waals surface area contributed by atoms with Crippen molar-refractivity contribution in [1.29, 1.82) is 0 Å². The van der Waals surface area contributed by atoms with Gasteiger partial charge in [0.1, 0.15) is 0 Å². The third kappa shape index (κ3) is 8.10. The topological polar surface area (TPSA) is 55.2 Å². The highest BCUT2D eigenvalue weighted by Gasteiger charge is 2.56. The van der Waals surface area contributed by atoms with Gasteiger partial charge in [-0.2, -0.15) is 0 Å². The molecule has 4 nitrogen and oxygen atoms in total. The summed E-state index contributed by atoms with van der Waals surface area (Å²) in [5.74, 6) is 2.77. The van der Waals surface area contributed by atoms with Crippen LogP contribution < -0.4 is 0 Å². The largest absolute Gasteiger partial charge is 0.385 e. The fourth-order valence-electron chi connectivity index (χ4n) is 6.58. The SMILES string of the molecule is ClCc1ccccn1.Clc1ccc(C(OCc2ccccn2)(C2CC2)C2CC2)cc1.OC(c1ccc(Cl)cc1)(C1CC1)C1CC1. The summed E-state index contributed by atoms with van der Waals surface area (Å²) in [5.41, 5.74) is 3.60. The van der Waals surface area contributed by atoms with E-state index in [1.807, 2.05) is 79.0 Å². The summed E-state index contributed by atoms with van der Waals surface area (Å²) in [7, 11) is 0. The third-order valence-corrected chi connectivity index (χ3v) is 10.2. The molecule has 1 N–H and O–H groups in total. The Hall–Kier alpha value is -2.47. The first-order valence-corrected chi connectivity index (χ1v) is 17.5. The molecule has 236 valence electrons. The zero-order valence-electron chi connectivity index (χ0n) is 25.5. The normalized spacial score (nSPS) is 17.9. The smallest absolute Gasteiger partial charge is 0.0992 e. The van der Waals surface area contributed by atoms with Gasteiger partial charge in [0.2, 0.25) is 0 Å². The van der Waals surface area contributed by atoms with E-state index in [1.165, 1.54) is 56.9 Å². The van der Waals surface area contributed by atoms with Gasteiger partial charge in [0.25, 0.3) is 0 Å². The monoisotopic (exact) mass is 662 g/mol. The number of ether oxygens (including phenoxy) is 1. The molecule has 0 radical (unpaired) electrons. The fraction of sp³-hybridized carbons (Fsp3) is 0.421. The van der Waals surface area contributed by atoms with E-state index in [4.69, 9.17) is 39.5 Å².